The minimum atomic E-state index is -2.62. The fraction of sp³-hybridized carbons (Fsp3) is 0.375. The van der Waals surface area contributed by atoms with Crippen LogP contribution >= 0.6 is 27.5 Å². The highest BCUT2D eigenvalue weighted by Crippen LogP contribution is 2.30. The smallest absolute Gasteiger partial charge is 0.280 e. The number of pyridine rings is 1. The molecule has 0 spiro atoms. The molecule has 1 rings (SSSR count). The van der Waals surface area contributed by atoms with E-state index in [2.05, 4.69) is 20.9 Å². The van der Waals surface area contributed by atoms with Crippen LogP contribution in [-0.4, -0.2) is 12.1 Å². The predicted molar refractivity (Wildman–Crippen MR) is 53.0 cm³/mol. The van der Waals surface area contributed by atoms with Crippen molar-refractivity contribution in [3.8, 4) is 5.88 Å². The van der Waals surface area contributed by atoms with Crippen molar-refractivity contribution in [3.05, 3.63) is 21.8 Å². The Bertz CT molecular complexity index is 335. The van der Waals surface area contributed by atoms with Crippen molar-refractivity contribution in [2.24, 2.45) is 0 Å². The van der Waals surface area contributed by atoms with E-state index in [-0.39, 0.29) is 17.5 Å². The molecule has 6 heteroatoms. The van der Waals surface area contributed by atoms with Crippen LogP contribution in [0.1, 0.15) is 17.7 Å². The molecule has 78 valence electrons. The predicted octanol–water partition coefficient (Wildman–Crippen LogP) is 3.53. The number of hydrogen-bond donors (Lipinski definition) is 0. The van der Waals surface area contributed by atoms with E-state index >= 15 is 0 Å². The summed E-state index contributed by atoms with van der Waals surface area (Å²) in [5.41, 5.74) is 0.237. The highest BCUT2D eigenvalue weighted by molar-refractivity contribution is 9.10. The van der Waals surface area contributed by atoms with E-state index < -0.39 is 6.43 Å². The largest absolute Gasteiger partial charge is 0.481 e. The fourth-order valence-electron chi connectivity index (χ4n) is 0.938. The first kappa shape index (κ1) is 11.7. The second-order valence-corrected chi connectivity index (χ2v) is 3.57. The Hall–Kier alpha value is -0.420. The van der Waals surface area contributed by atoms with Crippen molar-refractivity contribution >= 4 is 27.5 Å². The number of hydrogen-bond acceptors (Lipinski definition) is 2. The number of alkyl halides is 3. The molecule has 0 fully saturated rings. The Morgan fingerprint density at radius 1 is 1.64 bits per heavy atom. The first-order valence-electron chi connectivity index (χ1n) is 3.67. The third-order valence-electron chi connectivity index (χ3n) is 1.60. The highest BCUT2D eigenvalue weighted by Gasteiger charge is 2.16. The zero-order valence-electron chi connectivity index (χ0n) is 7.23. The maximum atomic E-state index is 12.3. The summed E-state index contributed by atoms with van der Waals surface area (Å²) in [6.07, 6.45) is -2.62. The molecule has 0 unspecified atom stereocenters. The molecule has 0 aliphatic rings. The van der Waals surface area contributed by atoms with Gasteiger partial charge in [-0.25, -0.2) is 13.8 Å². The van der Waals surface area contributed by atoms with Crippen LogP contribution in [0.15, 0.2) is 10.5 Å². The van der Waals surface area contributed by atoms with Gasteiger partial charge in [0.15, 0.2) is 0 Å². The van der Waals surface area contributed by atoms with Gasteiger partial charge in [-0.1, -0.05) is 15.9 Å². The van der Waals surface area contributed by atoms with Gasteiger partial charge >= 0.3 is 0 Å². The number of rotatable bonds is 3. The van der Waals surface area contributed by atoms with Gasteiger partial charge in [0.2, 0.25) is 5.88 Å². The summed E-state index contributed by atoms with van der Waals surface area (Å²) in [7, 11) is 1.36. The maximum Gasteiger partial charge on any atom is 0.280 e. The molecule has 0 bridgehead atoms. The molecular weight excluding hydrogens is 279 g/mol. The van der Waals surface area contributed by atoms with Gasteiger partial charge < -0.3 is 4.74 Å². The molecule has 14 heavy (non-hydrogen) atoms. The lowest BCUT2D eigenvalue weighted by Crippen LogP contribution is -1.99. The van der Waals surface area contributed by atoms with E-state index in [1.54, 1.807) is 0 Å². The van der Waals surface area contributed by atoms with Crippen LogP contribution in [0.2, 0.25) is 0 Å². The Labute approximate surface area is 93.4 Å². The van der Waals surface area contributed by atoms with Crippen LogP contribution in [0, 0.1) is 0 Å². The van der Waals surface area contributed by atoms with E-state index in [1.807, 2.05) is 0 Å². The minimum absolute atomic E-state index is 0.129. The molecule has 2 nitrogen and oxygen atoms in total. The monoisotopic (exact) mass is 285 g/mol. The third kappa shape index (κ3) is 2.33. The molecule has 0 aliphatic heterocycles. The van der Waals surface area contributed by atoms with Crippen LogP contribution in [0.4, 0.5) is 8.78 Å². The fourth-order valence-corrected chi connectivity index (χ4v) is 1.90. The number of nitrogens with zero attached hydrogens (tertiary/aromatic N) is 1. The summed E-state index contributed by atoms with van der Waals surface area (Å²) in [5.74, 6) is 0.282. The first-order valence-corrected chi connectivity index (χ1v) is 5.00. The van der Waals surface area contributed by atoms with Crippen molar-refractivity contribution in [2.75, 3.05) is 7.11 Å². The van der Waals surface area contributed by atoms with Gasteiger partial charge in [0.1, 0.15) is 5.69 Å². The molecule has 0 saturated carbocycles. The first-order chi connectivity index (χ1) is 6.60. The van der Waals surface area contributed by atoms with Gasteiger partial charge in [-0.15, -0.1) is 11.6 Å². The van der Waals surface area contributed by atoms with Gasteiger partial charge in [-0.3, -0.25) is 0 Å². The zero-order chi connectivity index (χ0) is 10.7. The van der Waals surface area contributed by atoms with E-state index in [0.717, 1.165) is 0 Å². The van der Waals surface area contributed by atoms with Gasteiger partial charge in [0, 0.05) is 10.0 Å². The number of methoxy groups -OCH3 is 1. The summed E-state index contributed by atoms with van der Waals surface area (Å²) >= 11 is 8.74. The van der Waals surface area contributed by atoms with E-state index in [1.165, 1.54) is 13.2 Å². The van der Waals surface area contributed by atoms with Gasteiger partial charge in [0.05, 0.1) is 13.0 Å². The van der Waals surface area contributed by atoms with E-state index in [0.29, 0.717) is 10.0 Å². The highest BCUT2D eigenvalue weighted by atomic mass is 79.9. The average Bonchev–Trinajstić information content (AvgIpc) is 2.16. The molecule has 0 radical (unpaired) electrons. The van der Waals surface area contributed by atoms with Crippen molar-refractivity contribution in [1.29, 1.82) is 0 Å². The van der Waals surface area contributed by atoms with Crippen molar-refractivity contribution in [3.63, 3.8) is 0 Å². The molecule has 0 aliphatic carbocycles. The summed E-state index contributed by atoms with van der Waals surface area (Å²) in [6, 6.07) is 1.24. The quantitative estimate of drug-likeness (QED) is 0.793. The van der Waals surface area contributed by atoms with Crippen LogP contribution in [0.3, 0.4) is 0 Å². The van der Waals surface area contributed by atoms with Crippen LogP contribution < -0.4 is 4.74 Å². The molecule has 1 aromatic heterocycles. The summed E-state index contributed by atoms with van der Waals surface area (Å²) in [6.45, 7) is 0. The molecule has 0 aromatic carbocycles. The molecular formula is C8H7BrClF2NO. The maximum absolute atomic E-state index is 12.3. The van der Waals surface area contributed by atoms with Crippen LogP contribution in [-0.2, 0) is 5.88 Å². The Balaban J connectivity index is 3.24. The average molecular weight is 287 g/mol. The van der Waals surface area contributed by atoms with E-state index in [9.17, 15) is 8.78 Å². The normalized spacial score (nSPS) is 10.7. The molecule has 0 atom stereocenters. The Kier molecular flexibility index (Phi) is 4.07. The number of halogens is 4. The summed E-state index contributed by atoms with van der Waals surface area (Å²) < 4.78 is 30.0. The molecule has 1 aromatic rings. The third-order valence-corrected chi connectivity index (χ3v) is 2.58. The summed E-state index contributed by atoms with van der Waals surface area (Å²) in [5, 5.41) is 0. The van der Waals surface area contributed by atoms with Crippen molar-refractivity contribution in [2.45, 2.75) is 12.3 Å². The van der Waals surface area contributed by atoms with Gasteiger partial charge in [-0.05, 0) is 6.07 Å². The lowest BCUT2D eigenvalue weighted by molar-refractivity contribution is 0.145. The standard InChI is InChI=1S/C8H7BrClF2NO/c1-14-8-4(3-10)5(9)2-6(13-8)7(11)12/h2,7H,3H2,1H3. The van der Waals surface area contributed by atoms with Crippen LogP contribution in [0.25, 0.3) is 0 Å². The SMILES string of the molecule is COc1nc(C(F)F)cc(Br)c1CCl. The second-order valence-electron chi connectivity index (χ2n) is 2.45. The Morgan fingerprint density at radius 2 is 2.29 bits per heavy atom. The Morgan fingerprint density at radius 3 is 2.71 bits per heavy atom. The molecule has 1 heterocycles. The lowest BCUT2D eigenvalue weighted by atomic mass is 10.2. The van der Waals surface area contributed by atoms with E-state index in [4.69, 9.17) is 16.3 Å². The van der Waals surface area contributed by atoms with Crippen molar-refractivity contribution in [1.82, 2.24) is 4.98 Å². The topological polar surface area (TPSA) is 22.1 Å². The number of aromatic nitrogens is 1. The van der Waals surface area contributed by atoms with Gasteiger partial charge in [-0.2, -0.15) is 0 Å². The molecule has 0 N–H and O–H groups in total. The zero-order valence-corrected chi connectivity index (χ0v) is 9.57. The summed E-state index contributed by atoms with van der Waals surface area (Å²) in [4.78, 5) is 3.64. The molecule has 0 amide bonds. The van der Waals surface area contributed by atoms with Gasteiger partial charge in [0.25, 0.3) is 6.43 Å². The molecule has 0 saturated heterocycles. The second kappa shape index (κ2) is 4.89. The lowest BCUT2D eigenvalue weighted by Gasteiger charge is -2.09. The van der Waals surface area contributed by atoms with Crippen molar-refractivity contribution < 1.29 is 13.5 Å². The number of ether oxygens (including phenoxy) is 1. The minimum Gasteiger partial charge on any atom is -0.481 e. The van der Waals surface area contributed by atoms with Crippen LogP contribution in [0.5, 0.6) is 5.88 Å².